The summed E-state index contributed by atoms with van der Waals surface area (Å²) < 4.78 is 5.76. The van der Waals surface area contributed by atoms with Crippen molar-refractivity contribution >= 4 is 33.3 Å². The van der Waals surface area contributed by atoms with E-state index in [9.17, 15) is 4.79 Å². The van der Waals surface area contributed by atoms with Gasteiger partial charge in [-0.3, -0.25) is 4.79 Å². The highest BCUT2D eigenvalue weighted by Gasteiger charge is 2.26. The third-order valence-corrected chi connectivity index (χ3v) is 3.85. The molecule has 1 fully saturated rings. The number of methoxy groups -OCH3 is 1. The second-order valence-electron chi connectivity index (χ2n) is 4.49. The molecule has 2 N–H and O–H groups in total. The van der Waals surface area contributed by atoms with Gasteiger partial charge in [0, 0.05) is 17.6 Å². The lowest BCUT2D eigenvalue weighted by molar-refractivity contribution is -0.146. The second kappa shape index (κ2) is 5.61. The average molecular weight is 313 g/mol. The minimum atomic E-state index is -0.0987. The summed E-state index contributed by atoms with van der Waals surface area (Å²) in [5.74, 6) is -0.0682. The molecule has 0 saturated carbocycles. The van der Waals surface area contributed by atoms with Crippen LogP contribution < -0.4 is 10.6 Å². The minimum absolute atomic E-state index is 0.0305. The molecule has 1 heterocycles. The molecule has 1 saturated heterocycles. The van der Waals surface area contributed by atoms with Crippen molar-refractivity contribution in [2.75, 3.05) is 30.8 Å². The Morgan fingerprint density at radius 2 is 2.11 bits per heavy atom. The van der Waals surface area contributed by atoms with E-state index in [4.69, 9.17) is 10.5 Å². The number of carbonyl (C=O) groups is 1. The summed E-state index contributed by atoms with van der Waals surface area (Å²) in [7, 11) is 1.45. The third-order valence-electron chi connectivity index (χ3n) is 3.36. The molecule has 4 nitrogen and oxygen atoms in total. The molecule has 0 radical (unpaired) electrons. The van der Waals surface area contributed by atoms with Crippen molar-refractivity contribution in [3.63, 3.8) is 0 Å². The van der Waals surface area contributed by atoms with Crippen LogP contribution in [-0.4, -0.2) is 26.2 Å². The van der Waals surface area contributed by atoms with Gasteiger partial charge in [-0.15, -0.1) is 0 Å². The summed E-state index contributed by atoms with van der Waals surface area (Å²) in [5, 5.41) is 0. The first kappa shape index (κ1) is 13.2. The smallest absolute Gasteiger partial charge is 0.308 e. The zero-order chi connectivity index (χ0) is 13.1. The van der Waals surface area contributed by atoms with Crippen LogP contribution in [0.1, 0.15) is 12.8 Å². The fraction of sp³-hybridized carbons (Fsp3) is 0.462. The molecule has 98 valence electrons. The number of rotatable bonds is 2. The Labute approximate surface area is 115 Å². The zero-order valence-electron chi connectivity index (χ0n) is 10.4. The van der Waals surface area contributed by atoms with Crippen molar-refractivity contribution < 1.29 is 9.53 Å². The SMILES string of the molecule is COC(=O)C1CCN(c2ccc(Br)cc2N)CC1. The Morgan fingerprint density at radius 3 is 2.67 bits per heavy atom. The average Bonchev–Trinajstić information content (AvgIpc) is 2.38. The summed E-state index contributed by atoms with van der Waals surface area (Å²) in [6, 6.07) is 5.90. The van der Waals surface area contributed by atoms with E-state index >= 15 is 0 Å². The third kappa shape index (κ3) is 2.77. The Morgan fingerprint density at radius 1 is 1.44 bits per heavy atom. The normalized spacial score (nSPS) is 16.7. The Hall–Kier alpha value is -1.23. The summed E-state index contributed by atoms with van der Waals surface area (Å²) in [6.07, 6.45) is 1.64. The van der Waals surface area contributed by atoms with Crippen LogP contribution in [0.4, 0.5) is 11.4 Å². The fourth-order valence-electron chi connectivity index (χ4n) is 2.34. The van der Waals surface area contributed by atoms with Gasteiger partial charge in [0.25, 0.3) is 0 Å². The van der Waals surface area contributed by atoms with Crippen LogP contribution in [-0.2, 0) is 9.53 Å². The predicted molar refractivity (Wildman–Crippen MR) is 75.5 cm³/mol. The van der Waals surface area contributed by atoms with E-state index in [0.717, 1.165) is 41.8 Å². The first-order valence-corrected chi connectivity index (χ1v) is 6.79. The van der Waals surface area contributed by atoms with Gasteiger partial charge in [0.1, 0.15) is 0 Å². The molecule has 5 heteroatoms. The van der Waals surface area contributed by atoms with Gasteiger partial charge in [0.05, 0.1) is 24.4 Å². The largest absolute Gasteiger partial charge is 0.469 e. The summed E-state index contributed by atoms with van der Waals surface area (Å²) >= 11 is 3.40. The highest BCUT2D eigenvalue weighted by atomic mass is 79.9. The molecule has 0 aromatic heterocycles. The number of nitrogens with zero attached hydrogens (tertiary/aromatic N) is 1. The molecule has 0 amide bonds. The fourth-order valence-corrected chi connectivity index (χ4v) is 2.71. The standard InChI is InChI=1S/C13H17BrN2O2/c1-18-13(17)9-4-6-16(7-5-9)12-3-2-10(14)8-11(12)15/h2-3,8-9H,4-7,15H2,1H3. The van der Waals surface area contributed by atoms with Crippen molar-refractivity contribution in [1.82, 2.24) is 0 Å². The van der Waals surface area contributed by atoms with Gasteiger partial charge in [0.2, 0.25) is 0 Å². The van der Waals surface area contributed by atoms with Gasteiger partial charge in [-0.25, -0.2) is 0 Å². The molecule has 1 aliphatic heterocycles. The van der Waals surface area contributed by atoms with E-state index in [0.29, 0.717) is 0 Å². The highest BCUT2D eigenvalue weighted by Crippen LogP contribution is 2.30. The molecule has 0 spiro atoms. The molecule has 0 atom stereocenters. The van der Waals surface area contributed by atoms with E-state index in [1.54, 1.807) is 0 Å². The van der Waals surface area contributed by atoms with Crippen LogP contribution in [0.2, 0.25) is 0 Å². The Bertz CT molecular complexity index is 443. The monoisotopic (exact) mass is 312 g/mol. The number of halogens is 1. The van der Waals surface area contributed by atoms with E-state index in [2.05, 4.69) is 20.8 Å². The maximum absolute atomic E-state index is 11.4. The number of hydrogen-bond acceptors (Lipinski definition) is 4. The molecule has 0 bridgehead atoms. The number of ether oxygens (including phenoxy) is 1. The highest BCUT2D eigenvalue weighted by molar-refractivity contribution is 9.10. The summed E-state index contributed by atoms with van der Waals surface area (Å²) in [6.45, 7) is 1.68. The number of nitrogens with two attached hydrogens (primary N) is 1. The quantitative estimate of drug-likeness (QED) is 0.673. The van der Waals surface area contributed by atoms with Gasteiger partial charge in [0.15, 0.2) is 0 Å². The van der Waals surface area contributed by atoms with Crippen LogP contribution in [0.25, 0.3) is 0 Å². The van der Waals surface area contributed by atoms with E-state index in [-0.39, 0.29) is 11.9 Å². The topological polar surface area (TPSA) is 55.6 Å². The van der Waals surface area contributed by atoms with E-state index in [1.807, 2.05) is 18.2 Å². The number of esters is 1. The first-order chi connectivity index (χ1) is 8.61. The number of benzene rings is 1. The molecule has 0 aliphatic carbocycles. The predicted octanol–water partition coefficient (Wildman–Crippen LogP) is 2.42. The maximum Gasteiger partial charge on any atom is 0.308 e. The molecule has 1 aromatic carbocycles. The Kier molecular flexibility index (Phi) is 4.11. The van der Waals surface area contributed by atoms with Gasteiger partial charge in [-0.2, -0.15) is 0 Å². The van der Waals surface area contributed by atoms with Crippen LogP contribution >= 0.6 is 15.9 Å². The first-order valence-electron chi connectivity index (χ1n) is 5.99. The molecule has 1 aromatic rings. The van der Waals surface area contributed by atoms with Gasteiger partial charge in [-0.05, 0) is 31.0 Å². The molecule has 0 unspecified atom stereocenters. The van der Waals surface area contributed by atoms with Crippen LogP contribution in [0.3, 0.4) is 0 Å². The lowest BCUT2D eigenvalue weighted by Crippen LogP contribution is -2.37. The minimum Gasteiger partial charge on any atom is -0.469 e. The summed E-state index contributed by atoms with van der Waals surface area (Å²) in [4.78, 5) is 13.7. The van der Waals surface area contributed by atoms with E-state index < -0.39 is 0 Å². The van der Waals surface area contributed by atoms with Crippen molar-refractivity contribution in [2.45, 2.75) is 12.8 Å². The van der Waals surface area contributed by atoms with Crippen molar-refractivity contribution in [1.29, 1.82) is 0 Å². The molecular weight excluding hydrogens is 296 g/mol. The number of piperidine rings is 1. The van der Waals surface area contributed by atoms with Gasteiger partial charge >= 0.3 is 5.97 Å². The molecule has 2 rings (SSSR count). The number of hydrogen-bond donors (Lipinski definition) is 1. The zero-order valence-corrected chi connectivity index (χ0v) is 11.9. The molecular formula is C13H17BrN2O2. The molecule has 18 heavy (non-hydrogen) atoms. The van der Waals surface area contributed by atoms with Crippen molar-refractivity contribution in [3.05, 3.63) is 22.7 Å². The maximum atomic E-state index is 11.4. The summed E-state index contributed by atoms with van der Waals surface area (Å²) in [5.41, 5.74) is 7.82. The Balaban J connectivity index is 2.03. The van der Waals surface area contributed by atoms with Crippen molar-refractivity contribution in [2.24, 2.45) is 5.92 Å². The van der Waals surface area contributed by atoms with Crippen molar-refractivity contribution in [3.8, 4) is 0 Å². The van der Waals surface area contributed by atoms with Crippen LogP contribution in [0.5, 0.6) is 0 Å². The van der Waals surface area contributed by atoms with Gasteiger partial charge < -0.3 is 15.4 Å². The van der Waals surface area contributed by atoms with E-state index in [1.165, 1.54) is 7.11 Å². The number of nitrogen functional groups attached to an aromatic ring is 1. The number of anilines is 2. The van der Waals surface area contributed by atoms with Crippen LogP contribution in [0.15, 0.2) is 22.7 Å². The lowest BCUT2D eigenvalue weighted by atomic mass is 9.96. The van der Waals surface area contributed by atoms with Gasteiger partial charge in [-0.1, -0.05) is 15.9 Å². The lowest BCUT2D eigenvalue weighted by Gasteiger charge is -2.33. The van der Waals surface area contributed by atoms with Crippen LogP contribution in [0, 0.1) is 5.92 Å². The second-order valence-corrected chi connectivity index (χ2v) is 5.40. The number of carbonyl (C=O) groups excluding carboxylic acids is 1. The molecule has 1 aliphatic rings.